The molecule has 8 heteroatoms. The van der Waals surface area contributed by atoms with Gasteiger partial charge in [0, 0.05) is 13.7 Å². The summed E-state index contributed by atoms with van der Waals surface area (Å²) in [4.78, 5) is 12.2. The third-order valence-corrected chi connectivity index (χ3v) is 5.29. The molecule has 1 aliphatic carbocycles. The maximum absolute atomic E-state index is 12.2. The molecule has 0 radical (unpaired) electrons. The van der Waals surface area contributed by atoms with Gasteiger partial charge in [0.25, 0.3) is 0 Å². The topological polar surface area (TPSA) is 81.9 Å². The highest BCUT2D eigenvalue weighted by molar-refractivity contribution is 7.99. The monoisotopic (exact) mass is 361 g/mol. The number of nitrogens with zero attached hydrogens (tertiary/aromatic N) is 4. The van der Waals surface area contributed by atoms with Crippen LogP contribution in [0.15, 0.2) is 29.4 Å². The number of benzene rings is 1. The molecule has 3 rings (SSSR count). The SMILES string of the molecule is COCc1ccccc1CNC(=O)CSc1nnnn1C1CCCC1. The fourth-order valence-corrected chi connectivity index (χ4v) is 3.83. The molecule has 0 saturated heterocycles. The standard InChI is InChI=1S/C17H23N5O2S/c1-24-11-14-7-3-2-6-13(14)10-18-16(23)12-25-17-19-20-21-22(17)15-8-4-5-9-15/h2-3,6-7,15H,4-5,8-12H2,1H3,(H,18,23). The number of tetrazole rings is 1. The van der Waals surface area contributed by atoms with E-state index in [1.165, 1.54) is 24.6 Å². The lowest BCUT2D eigenvalue weighted by Crippen LogP contribution is -2.25. The molecule has 1 aromatic carbocycles. The van der Waals surface area contributed by atoms with Crippen molar-refractivity contribution in [2.24, 2.45) is 0 Å². The van der Waals surface area contributed by atoms with Gasteiger partial charge >= 0.3 is 0 Å². The molecular formula is C17H23N5O2S. The summed E-state index contributed by atoms with van der Waals surface area (Å²) in [6.07, 6.45) is 4.66. The third kappa shape index (κ3) is 4.79. The van der Waals surface area contributed by atoms with Gasteiger partial charge in [0.15, 0.2) is 0 Å². The Morgan fingerprint density at radius 1 is 1.32 bits per heavy atom. The van der Waals surface area contributed by atoms with E-state index in [0.29, 0.717) is 24.9 Å². The van der Waals surface area contributed by atoms with Crippen LogP contribution in [0.1, 0.15) is 42.9 Å². The third-order valence-electron chi connectivity index (χ3n) is 4.36. The van der Waals surface area contributed by atoms with Crippen molar-refractivity contribution in [2.45, 2.75) is 50.0 Å². The molecule has 1 heterocycles. The number of aromatic nitrogens is 4. The second kappa shape index (κ2) is 8.96. The summed E-state index contributed by atoms with van der Waals surface area (Å²) < 4.78 is 7.07. The summed E-state index contributed by atoms with van der Waals surface area (Å²) in [5.74, 6) is 0.276. The zero-order valence-corrected chi connectivity index (χ0v) is 15.2. The van der Waals surface area contributed by atoms with E-state index in [-0.39, 0.29) is 5.91 Å². The normalized spacial score (nSPS) is 14.8. The number of hydrogen-bond acceptors (Lipinski definition) is 6. The van der Waals surface area contributed by atoms with Crippen molar-refractivity contribution in [1.29, 1.82) is 0 Å². The van der Waals surface area contributed by atoms with Gasteiger partial charge < -0.3 is 10.1 Å². The van der Waals surface area contributed by atoms with Crippen molar-refractivity contribution in [3.05, 3.63) is 35.4 Å². The summed E-state index contributed by atoms with van der Waals surface area (Å²) in [6.45, 7) is 1.03. The van der Waals surface area contributed by atoms with Gasteiger partial charge in [-0.1, -0.05) is 48.9 Å². The highest BCUT2D eigenvalue weighted by atomic mass is 32.2. The Kier molecular flexibility index (Phi) is 6.41. The minimum absolute atomic E-state index is 0.0295. The largest absolute Gasteiger partial charge is 0.380 e. The molecule has 0 spiro atoms. The molecule has 1 amide bonds. The van der Waals surface area contributed by atoms with Gasteiger partial charge in [0.1, 0.15) is 0 Å². The molecule has 134 valence electrons. The van der Waals surface area contributed by atoms with Gasteiger partial charge in [-0.25, -0.2) is 4.68 Å². The van der Waals surface area contributed by atoms with Crippen molar-refractivity contribution < 1.29 is 9.53 Å². The fraction of sp³-hybridized carbons (Fsp3) is 0.529. The van der Waals surface area contributed by atoms with Crippen molar-refractivity contribution >= 4 is 17.7 Å². The van der Waals surface area contributed by atoms with Gasteiger partial charge in [-0.15, -0.1) is 5.10 Å². The van der Waals surface area contributed by atoms with E-state index >= 15 is 0 Å². The van der Waals surface area contributed by atoms with Crippen LogP contribution in [-0.4, -0.2) is 39.0 Å². The van der Waals surface area contributed by atoms with Crippen molar-refractivity contribution in [3.8, 4) is 0 Å². The van der Waals surface area contributed by atoms with Crippen molar-refractivity contribution in [1.82, 2.24) is 25.5 Å². The number of thioether (sulfide) groups is 1. The number of amides is 1. The highest BCUT2D eigenvalue weighted by Gasteiger charge is 2.22. The molecule has 7 nitrogen and oxygen atoms in total. The average molecular weight is 361 g/mol. The van der Waals surface area contributed by atoms with Crippen LogP contribution in [0.2, 0.25) is 0 Å². The van der Waals surface area contributed by atoms with Crippen molar-refractivity contribution in [2.75, 3.05) is 12.9 Å². The van der Waals surface area contributed by atoms with E-state index in [1.54, 1.807) is 7.11 Å². The number of hydrogen-bond donors (Lipinski definition) is 1. The van der Waals surface area contributed by atoms with Crippen LogP contribution >= 0.6 is 11.8 Å². The first-order valence-corrected chi connectivity index (χ1v) is 9.49. The Bertz CT molecular complexity index is 700. The molecule has 25 heavy (non-hydrogen) atoms. The molecule has 1 aromatic heterocycles. The quantitative estimate of drug-likeness (QED) is 0.727. The smallest absolute Gasteiger partial charge is 0.230 e. The van der Waals surface area contributed by atoms with E-state index in [0.717, 1.165) is 29.1 Å². The molecule has 1 saturated carbocycles. The van der Waals surface area contributed by atoms with Crippen LogP contribution < -0.4 is 5.32 Å². The summed E-state index contributed by atoms with van der Waals surface area (Å²) in [5, 5.41) is 15.6. The van der Waals surface area contributed by atoms with Crippen LogP contribution in [0.25, 0.3) is 0 Å². The Morgan fingerprint density at radius 3 is 2.84 bits per heavy atom. The van der Waals surface area contributed by atoms with E-state index in [1.807, 2.05) is 28.9 Å². The zero-order chi connectivity index (χ0) is 17.5. The lowest BCUT2D eigenvalue weighted by molar-refractivity contribution is -0.118. The number of ether oxygens (including phenoxy) is 1. The number of carbonyl (C=O) groups is 1. The van der Waals surface area contributed by atoms with Gasteiger partial charge in [0.2, 0.25) is 11.1 Å². The van der Waals surface area contributed by atoms with Crippen molar-refractivity contribution in [3.63, 3.8) is 0 Å². The zero-order valence-electron chi connectivity index (χ0n) is 14.4. The first-order chi connectivity index (χ1) is 12.3. The molecule has 0 atom stereocenters. The van der Waals surface area contributed by atoms with Crippen LogP contribution in [0.5, 0.6) is 0 Å². The molecular weight excluding hydrogens is 338 g/mol. The number of methoxy groups -OCH3 is 1. The predicted octanol–water partition coefficient (Wildman–Crippen LogP) is 2.34. The maximum Gasteiger partial charge on any atom is 0.230 e. The van der Waals surface area contributed by atoms with E-state index < -0.39 is 0 Å². The van der Waals surface area contributed by atoms with E-state index in [9.17, 15) is 4.79 Å². The fourth-order valence-electron chi connectivity index (χ4n) is 3.06. The summed E-state index contributed by atoms with van der Waals surface area (Å²) in [6, 6.07) is 8.32. The maximum atomic E-state index is 12.2. The summed E-state index contributed by atoms with van der Waals surface area (Å²) in [5.41, 5.74) is 2.15. The first-order valence-electron chi connectivity index (χ1n) is 8.51. The first kappa shape index (κ1) is 17.9. The second-order valence-electron chi connectivity index (χ2n) is 6.11. The van der Waals surface area contributed by atoms with Crippen LogP contribution in [0.4, 0.5) is 0 Å². The van der Waals surface area contributed by atoms with Crippen LogP contribution in [0, 0.1) is 0 Å². The Balaban J connectivity index is 1.50. The van der Waals surface area contributed by atoms with E-state index in [2.05, 4.69) is 20.8 Å². The lowest BCUT2D eigenvalue weighted by atomic mass is 10.1. The van der Waals surface area contributed by atoms with Gasteiger partial charge in [0.05, 0.1) is 18.4 Å². The van der Waals surface area contributed by atoms with Crippen LogP contribution in [-0.2, 0) is 22.7 Å². The van der Waals surface area contributed by atoms with Crippen LogP contribution in [0.3, 0.4) is 0 Å². The Morgan fingerprint density at radius 2 is 2.08 bits per heavy atom. The molecule has 2 aromatic rings. The molecule has 0 unspecified atom stereocenters. The number of nitrogens with one attached hydrogen (secondary N) is 1. The molecule has 1 N–H and O–H groups in total. The Labute approximate surface area is 151 Å². The highest BCUT2D eigenvalue weighted by Crippen LogP contribution is 2.31. The molecule has 1 aliphatic rings. The second-order valence-corrected chi connectivity index (χ2v) is 7.05. The van der Waals surface area contributed by atoms with Gasteiger partial charge in [-0.05, 0) is 34.4 Å². The number of carbonyl (C=O) groups excluding carboxylic acids is 1. The van der Waals surface area contributed by atoms with E-state index in [4.69, 9.17) is 4.74 Å². The van der Waals surface area contributed by atoms with Gasteiger partial charge in [-0.2, -0.15) is 0 Å². The lowest BCUT2D eigenvalue weighted by Gasteiger charge is -2.11. The van der Waals surface area contributed by atoms with Gasteiger partial charge in [-0.3, -0.25) is 4.79 Å². The minimum Gasteiger partial charge on any atom is -0.380 e. The summed E-state index contributed by atoms with van der Waals surface area (Å²) in [7, 11) is 1.67. The average Bonchev–Trinajstić information content (AvgIpc) is 3.30. The molecule has 0 aliphatic heterocycles. The predicted molar refractivity (Wildman–Crippen MR) is 95.0 cm³/mol. The minimum atomic E-state index is -0.0295. The molecule has 1 fully saturated rings. The Hall–Kier alpha value is -1.93. The number of rotatable bonds is 8. The molecule has 0 bridgehead atoms. The summed E-state index contributed by atoms with van der Waals surface area (Å²) >= 11 is 1.39.